The van der Waals surface area contributed by atoms with Crippen LogP contribution >= 0.6 is 0 Å². The van der Waals surface area contributed by atoms with E-state index in [2.05, 4.69) is 25.5 Å². The molecule has 4 heterocycles. The van der Waals surface area contributed by atoms with E-state index < -0.39 is 0 Å². The summed E-state index contributed by atoms with van der Waals surface area (Å²) in [6, 6.07) is 5.46. The summed E-state index contributed by atoms with van der Waals surface area (Å²) >= 11 is 0. The van der Waals surface area contributed by atoms with E-state index in [9.17, 15) is 4.79 Å². The van der Waals surface area contributed by atoms with Crippen molar-refractivity contribution >= 4 is 5.91 Å². The monoisotopic (exact) mass is 310 g/mol. The third-order valence-corrected chi connectivity index (χ3v) is 3.65. The second kappa shape index (κ2) is 5.01. The first-order valence-corrected chi connectivity index (χ1v) is 7.26. The summed E-state index contributed by atoms with van der Waals surface area (Å²) < 4.78 is 6.94. The molecule has 1 unspecified atom stereocenters. The molecule has 1 atom stereocenters. The first-order chi connectivity index (χ1) is 11.1. The predicted octanol–water partition coefficient (Wildman–Crippen LogP) is 1.44. The maximum atomic E-state index is 12.0. The first-order valence-electron chi connectivity index (χ1n) is 7.26. The summed E-state index contributed by atoms with van der Waals surface area (Å²) in [7, 11) is 0. The van der Waals surface area contributed by atoms with Crippen molar-refractivity contribution in [3.63, 3.8) is 0 Å². The van der Waals surface area contributed by atoms with Gasteiger partial charge in [-0.1, -0.05) is 5.16 Å². The van der Waals surface area contributed by atoms with Crippen LogP contribution in [-0.4, -0.2) is 36.9 Å². The molecule has 8 nitrogen and oxygen atoms in total. The summed E-state index contributed by atoms with van der Waals surface area (Å²) in [6.07, 6.45) is 1.69. The summed E-state index contributed by atoms with van der Waals surface area (Å²) in [5.41, 5.74) is 2.67. The highest BCUT2D eigenvalue weighted by Gasteiger charge is 2.25. The Bertz CT molecular complexity index is 880. The van der Waals surface area contributed by atoms with E-state index in [0.717, 1.165) is 11.3 Å². The predicted molar refractivity (Wildman–Crippen MR) is 80.4 cm³/mol. The van der Waals surface area contributed by atoms with Crippen LogP contribution in [0.15, 0.2) is 28.9 Å². The van der Waals surface area contributed by atoms with Crippen molar-refractivity contribution in [3.8, 4) is 23.0 Å². The Kier molecular flexibility index (Phi) is 2.97. The van der Waals surface area contributed by atoms with E-state index in [1.807, 2.05) is 26.0 Å². The van der Waals surface area contributed by atoms with Gasteiger partial charge >= 0.3 is 0 Å². The zero-order valence-corrected chi connectivity index (χ0v) is 12.6. The van der Waals surface area contributed by atoms with Crippen LogP contribution in [0.25, 0.3) is 23.0 Å². The highest BCUT2D eigenvalue weighted by Crippen LogP contribution is 2.23. The third-order valence-electron chi connectivity index (χ3n) is 3.65. The third kappa shape index (κ3) is 2.37. The second-order valence-corrected chi connectivity index (χ2v) is 5.58. The summed E-state index contributed by atoms with van der Waals surface area (Å²) in [6.45, 7) is 4.45. The second-order valence-electron chi connectivity index (χ2n) is 5.58. The molecule has 4 rings (SSSR count). The van der Waals surface area contributed by atoms with Gasteiger partial charge in [0.1, 0.15) is 5.69 Å². The number of rotatable bonds is 2. The minimum atomic E-state index is -0.148. The largest absolute Gasteiger partial charge is 0.346 e. The van der Waals surface area contributed by atoms with Gasteiger partial charge in [0.05, 0.1) is 6.54 Å². The van der Waals surface area contributed by atoms with Crippen molar-refractivity contribution in [1.82, 2.24) is 30.2 Å². The van der Waals surface area contributed by atoms with Crippen LogP contribution in [0.1, 0.15) is 23.1 Å². The van der Waals surface area contributed by atoms with E-state index in [1.165, 1.54) is 0 Å². The number of nitrogens with one attached hydrogen (secondary N) is 1. The highest BCUT2D eigenvalue weighted by molar-refractivity contribution is 5.94. The van der Waals surface area contributed by atoms with Gasteiger partial charge in [0.25, 0.3) is 11.8 Å². The Morgan fingerprint density at radius 2 is 2.26 bits per heavy atom. The number of carbonyl (C=O) groups excluding carboxylic acids is 1. The first kappa shape index (κ1) is 13.6. The number of pyridine rings is 1. The molecule has 8 heteroatoms. The molecule has 1 amide bonds. The quantitative estimate of drug-likeness (QED) is 0.769. The molecule has 1 N–H and O–H groups in total. The SMILES string of the molecule is Cc1ccc(-c2noc(-c3cc4n(n3)CC(C)NC4=O)n2)cn1. The molecule has 3 aromatic heterocycles. The lowest BCUT2D eigenvalue weighted by Gasteiger charge is -2.20. The lowest BCUT2D eigenvalue weighted by Crippen LogP contribution is -2.42. The van der Waals surface area contributed by atoms with Gasteiger partial charge in [-0.25, -0.2) is 0 Å². The fraction of sp³-hybridized carbons (Fsp3) is 0.267. The van der Waals surface area contributed by atoms with Gasteiger partial charge in [0, 0.05) is 29.6 Å². The molecule has 0 aliphatic carbocycles. The van der Waals surface area contributed by atoms with Gasteiger partial charge in [0.15, 0.2) is 5.69 Å². The van der Waals surface area contributed by atoms with Gasteiger partial charge in [-0.2, -0.15) is 10.1 Å². The van der Waals surface area contributed by atoms with Gasteiger partial charge in [-0.3, -0.25) is 14.5 Å². The molecule has 116 valence electrons. The average molecular weight is 310 g/mol. The van der Waals surface area contributed by atoms with Crippen molar-refractivity contribution in [3.05, 3.63) is 35.8 Å². The van der Waals surface area contributed by atoms with E-state index >= 15 is 0 Å². The number of nitrogens with zero attached hydrogens (tertiary/aromatic N) is 5. The van der Waals surface area contributed by atoms with Gasteiger partial charge < -0.3 is 9.84 Å². The van der Waals surface area contributed by atoms with Crippen LogP contribution < -0.4 is 5.32 Å². The van der Waals surface area contributed by atoms with Crippen LogP contribution in [0.4, 0.5) is 0 Å². The zero-order chi connectivity index (χ0) is 16.0. The summed E-state index contributed by atoms with van der Waals surface area (Å²) in [4.78, 5) is 20.5. The molecule has 0 spiro atoms. The maximum absolute atomic E-state index is 12.0. The smallest absolute Gasteiger partial charge is 0.278 e. The summed E-state index contributed by atoms with van der Waals surface area (Å²) in [5.74, 6) is 0.573. The topological polar surface area (TPSA) is 98.7 Å². The van der Waals surface area contributed by atoms with Crippen molar-refractivity contribution in [2.45, 2.75) is 26.4 Å². The molecule has 0 radical (unpaired) electrons. The van der Waals surface area contributed by atoms with Crippen molar-refractivity contribution in [2.75, 3.05) is 0 Å². The Morgan fingerprint density at radius 1 is 1.39 bits per heavy atom. The molecular weight excluding hydrogens is 296 g/mol. The van der Waals surface area contributed by atoms with E-state index in [4.69, 9.17) is 4.52 Å². The van der Waals surface area contributed by atoms with Crippen molar-refractivity contribution in [1.29, 1.82) is 0 Å². The van der Waals surface area contributed by atoms with Crippen LogP contribution in [-0.2, 0) is 6.54 Å². The molecule has 0 saturated carbocycles. The Balaban J connectivity index is 1.69. The molecule has 0 aromatic carbocycles. The fourth-order valence-electron chi connectivity index (χ4n) is 2.49. The molecular formula is C15H14N6O2. The molecule has 0 bridgehead atoms. The van der Waals surface area contributed by atoms with Crippen LogP contribution in [0.3, 0.4) is 0 Å². The number of aromatic nitrogens is 5. The number of amides is 1. The van der Waals surface area contributed by atoms with Gasteiger partial charge in [0.2, 0.25) is 5.82 Å². The Labute approximate surface area is 131 Å². The number of aryl methyl sites for hydroxylation is 1. The fourth-order valence-corrected chi connectivity index (χ4v) is 2.49. The van der Waals surface area contributed by atoms with Gasteiger partial charge in [-0.05, 0) is 26.0 Å². The van der Waals surface area contributed by atoms with Crippen molar-refractivity contribution < 1.29 is 9.32 Å². The number of carbonyl (C=O) groups is 1. The minimum Gasteiger partial charge on any atom is -0.346 e. The van der Waals surface area contributed by atoms with Crippen LogP contribution in [0.2, 0.25) is 0 Å². The molecule has 0 saturated heterocycles. The zero-order valence-electron chi connectivity index (χ0n) is 12.6. The van der Waals surface area contributed by atoms with Crippen molar-refractivity contribution in [2.24, 2.45) is 0 Å². The van der Waals surface area contributed by atoms with E-state index in [0.29, 0.717) is 23.8 Å². The normalized spacial score (nSPS) is 17.0. The van der Waals surface area contributed by atoms with Crippen LogP contribution in [0, 0.1) is 6.92 Å². The Morgan fingerprint density at radius 3 is 3.04 bits per heavy atom. The number of fused-ring (bicyclic) bond motifs is 1. The number of hydrogen-bond donors (Lipinski definition) is 1. The minimum absolute atomic E-state index is 0.0413. The van der Waals surface area contributed by atoms with E-state index in [-0.39, 0.29) is 17.8 Å². The van der Waals surface area contributed by atoms with E-state index in [1.54, 1.807) is 16.9 Å². The lowest BCUT2D eigenvalue weighted by molar-refractivity contribution is 0.0901. The molecule has 1 aliphatic heterocycles. The van der Waals surface area contributed by atoms with Gasteiger partial charge in [-0.15, -0.1) is 0 Å². The standard InChI is InChI=1S/C15H14N6O2/c1-8-3-4-10(6-16-8)13-18-15(23-20-13)11-5-12-14(22)17-9(2)7-21(12)19-11/h3-6,9H,7H2,1-2H3,(H,17,22). The number of hydrogen-bond acceptors (Lipinski definition) is 6. The summed E-state index contributed by atoms with van der Waals surface area (Å²) in [5, 5.41) is 11.2. The lowest BCUT2D eigenvalue weighted by atomic mass is 10.2. The average Bonchev–Trinajstić information content (AvgIpc) is 3.14. The molecule has 1 aliphatic rings. The highest BCUT2D eigenvalue weighted by atomic mass is 16.5. The van der Waals surface area contributed by atoms with Crippen LogP contribution in [0.5, 0.6) is 0 Å². The Hall–Kier alpha value is -3.03. The molecule has 3 aromatic rings. The molecule has 23 heavy (non-hydrogen) atoms. The maximum Gasteiger partial charge on any atom is 0.278 e. The molecule has 0 fully saturated rings.